The summed E-state index contributed by atoms with van der Waals surface area (Å²) in [6.07, 6.45) is 9.25. The average molecular weight is 280 g/mol. The molecule has 0 aliphatic heterocycles. The van der Waals surface area contributed by atoms with E-state index < -0.39 is 0 Å². The predicted octanol–water partition coefficient (Wildman–Crippen LogP) is 3.70. The molecule has 1 aromatic carbocycles. The fourth-order valence-corrected chi connectivity index (χ4v) is 2.42. The Morgan fingerprint density at radius 3 is 2.81 bits per heavy atom. The Bertz CT molecular complexity index is 682. The highest BCUT2D eigenvalue weighted by Crippen LogP contribution is 2.19. The van der Waals surface area contributed by atoms with Gasteiger partial charge in [-0.05, 0) is 36.2 Å². The minimum absolute atomic E-state index is 0.814. The fraction of sp³-hybridized carbons (Fsp3) is 0.235. The van der Waals surface area contributed by atoms with Crippen molar-refractivity contribution in [3.05, 3.63) is 66.7 Å². The molecule has 3 aromatic rings. The van der Waals surface area contributed by atoms with E-state index in [9.17, 15) is 0 Å². The first-order chi connectivity index (χ1) is 10.4. The molecular weight excluding hydrogens is 260 g/mol. The summed E-state index contributed by atoms with van der Waals surface area (Å²) in [5.41, 5.74) is 3.44. The van der Waals surface area contributed by atoms with Crippen molar-refractivity contribution in [3.8, 4) is 5.69 Å². The number of anilines is 1. The van der Waals surface area contributed by atoms with E-state index >= 15 is 0 Å². The van der Waals surface area contributed by atoms with Crippen molar-refractivity contribution < 1.29 is 0 Å². The van der Waals surface area contributed by atoms with E-state index in [1.54, 1.807) is 6.20 Å². The number of hydrogen-bond donors (Lipinski definition) is 1. The molecule has 2 heterocycles. The van der Waals surface area contributed by atoms with Gasteiger partial charge in [0.15, 0.2) is 0 Å². The van der Waals surface area contributed by atoms with Crippen molar-refractivity contribution in [1.29, 1.82) is 0 Å². The predicted molar refractivity (Wildman–Crippen MR) is 85.6 cm³/mol. The number of para-hydroxylation sites is 2. The highest BCUT2D eigenvalue weighted by molar-refractivity contribution is 5.60. The van der Waals surface area contributed by atoms with Crippen LogP contribution in [0.15, 0.2) is 61.2 Å². The maximum Gasteiger partial charge on any atom is 0.0876 e. The van der Waals surface area contributed by atoms with Crippen molar-refractivity contribution in [2.24, 2.45) is 0 Å². The second-order valence-corrected chi connectivity index (χ2v) is 5.08. The van der Waals surface area contributed by atoms with Crippen molar-refractivity contribution >= 4 is 5.69 Å². The van der Waals surface area contributed by atoms with Gasteiger partial charge in [-0.25, -0.2) is 4.68 Å². The van der Waals surface area contributed by atoms with E-state index in [4.69, 9.17) is 0 Å². The molecule has 0 atom stereocenters. The number of aryl methyl sites for hydroxylation is 1. The van der Waals surface area contributed by atoms with Gasteiger partial charge in [-0.15, -0.1) is 0 Å². The van der Waals surface area contributed by atoms with Crippen LogP contribution in [0.5, 0.6) is 0 Å². The van der Waals surface area contributed by atoms with Crippen LogP contribution in [0.25, 0.3) is 5.69 Å². The van der Waals surface area contributed by atoms with Gasteiger partial charge in [0, 0.05) is 37.9 Å². The molecule has 21 heavy (non-hydrogen) atoms. The second-order valence-electron chi connectivity index (χ2n) is 5.08. The van der Waals surface area contributed by atoms with Crippen molar-refractivity contribution in [2.45, 2.75) is 26.4 Å². The molecule has 4 nitrogen and oxygen atoms in total. The third-order valence-electron chi connectivity index (χ3n) is 3.43. The van der Waals surface area contributed by atoms with E-state index in [0.29, 0.717) is 0 Å². The van der Waals surface area contributed by atoms with Gasteiger partial charge in [0.1, 0.15) is 0 Å². The van der Waals surface area contributed by atoms with E-state index in [1.807, 2.05) is 29.1 Å². The normalized spacial score (nSPS) is 10.7. The number of nitrogens with zero attached hydrogens (tertiary/aromatic N) is 3. The molecule has 0 bridgehead atoms. The lowest BCUT2D eigenvalue weighted by atomic mass is 10.2. The first-order valence-corrected chi connectivity index (χ1v) is 7.34. The van der Waals surface area contributed by atoms with Crippen molar-refractivity contribution in [3.63, 3.8) is 0 Å². The minimum atomic E-state index is 0.814. The Morgan fingerprint density at radius 2 is 2.00 bits per heavy atom. The van der Waals surface area contributed by atoms with Crippen LogP contribution in [0.4, 0.5) is 5.69 Å². The van der Waals surface area contributed by atoms with E-state index in [1.165, 1.54) is 5.56 Å². The number of nitrogens with one attached hydrogen (secondary N) is 1. The Balaban J connectivity index is 1.73. The molecule has 108 valence electrons. The van der Waals surface area contributed by atoms with Crippen LogP contribution in [0.1, 0.15) is 18.9 Å². The molecule has 0 radical (unpaired) electrons. The zero-order valence-corrected chi connectivity index (χ0v) is 12.2. The summed E-state index contributed by atoms with van der Waals surface area (Å²) in [5.74, 6) is 0. The number of rotatable bonds is 6. The number of hydrogen-bond acceptors (Lipinski definition) is 2. The molecule has 2 aromatic heterocycles. The van der Waals surface area contributed by atoms with E-state index in [-0.39, 0.29) is 0 Å². The smallest absolute Gasteiger partial charge is 0.0876 e. The zero-order chi connectivity index (χ0) is 14.5. The van der Waals surface area contributed by atoms with E-state index in [2.05, 4.69) is 52.5 Å². The molecule has 0 fully saturated rings. The molecule has 0 amide bonds. The summed E-state index contributed by atoms with van der Waals surface area (Å²) in [4.78, 5) is 0. The molecule has 4 heteroatoms. The van der Waals surface area contributed by atoms with Crippen LogP contribution in [-0.2, 0) is 13.1 Å². The van der Waals surface area contributed by atoms with Crippen LogP contribution in [0.2, 0.25) is 0 Å². The van der Waals surface area contributed by atoms with Crippen LogP contribution in [0.3, 0.4) is 0 Å². The minimum Gasteiger partial charge on any atom is -0.379 e. The van der Waals surface area contributed by atoms with Gasteiger partial charge in [0.2, 0.25) is 0 Å². The number of aromatic nitrogens is 3. The monoisotopic (exact) mass is 280 g/mol. The molecule has 3 rings (SSSR count). The Kier molecular flexibility index (Phi) is 4.05. The fourth-order valence-electron chi connectivity index (χ4n) is 2.42. The third kappa shape index (κ3) is 3.16. The van der Waals surface area contributed by atoms with Gasteiger partial charge in [-0.1, -0.05) is 19.1 Å². The molecule has 0 saturated heterocycles. The highest BCUT2D eigenvalue weighted by Gasteiger charge is 2.04. The number of benzene rings is 1. The van der Waals surface area contributed by atoms with Crippen molar-refractivity contribution in [2.75, 3.05) is 5.32 Å². The molecule has 0 saturated carbocycles. The summed E-state index contributed by atoms with van der Waals surface area (Å²) >= 11 is 0. The van der Waals surface area contributed by atoms with Crippen LogP contribution >= 0.6 is 0 Å². The largest absolute Gasteiger partial charge is 0.379 e. The van der Waals surface area contributed by atoms with Gasteiger partial charge in [0.25, 0.3) is 0 Å². The van der Waals surface area contributed by atoms with Gasteiger partial charge < -0.3 is 9.88 Å². The summed E-state index contributed by atoms with van der Waals surface area (Å²) in [7, 11) is 0. The summed E-state index contributed by atoms with van der Waals surface area (Å²) in [6, 6.07) is 12.3. The van der Waals surface area contributed by atoms with Crippen molar-refractivity contribution in [1.82, 2.24) is 14.3 Å². The van der Waals surface area contributed by atoms with E-state index in [0.717, 1.165) is 30.9 Å². The average Bonchev–Trinajstić information content (AvgIpc) is 3.17. The summed E-state index contributed by atoms with van der Waals surface area (Å²) < 4.78 is 4.11. The van der Waals surface area contributed by atoms with Gasteiger partial charge in [-0.3, -0.25) is 0 Å². The van der Waals surface area contributed by atoms with Crippen LogP contribution in [-0.4, -0.2) is 14.3 Å². The van der Waals surface area contributed by atoms with Crippen LogP contribution < -0.4 is 5.32 Å². The first kappa shape index (κ1) is 13.5. The molecular formula is C17H20N4. The standard InChI is InChI=1S/C17H20N4/c1-2-10-20-12-8-15(14-20)13-18-16-6-3-4-7-17(16)21-11-5-9-19-21/h3-9,11-12,14,18H,2,10,13H2,1H3. The van der Waals surface area contributed by atoms with Gasteiger partial charge >= 0.3 is 0 Å². The molecule has 0 aliphatic rings. The lowest BCUT2D eigenvalue weighted by Gasteiger charge is -2.11. The maximum atomic E-state index is 4.30. The second kappa shape index (κ2) is 6.31. The highest BCUT2D eigenvalue weighted by atomic mass is 15.3. The summed E-state index contributed by atoms with van der Waals surface area (Å²) in [5, 5.41) is 7.80. The topological polar surface area (TPSA) is 34.8 Å². The first-order valence-electron chi connectivity index (χ1n) is 7.34. The molecule has 0 unspecified atom stereocenters. The Labute approximate surface area is 125 Å². The molecule has 0 spiro atoms. The maximum absolute atomic E-state index is 4.30. The molecule has 1 N–H and O–H groups in total. The van der Waals surface area contributed by atoms with Gasteiger partial charge in [-0.2, -0.15) is 5.10 Å². The summed E-state index contributed by atoms with van der Waals surface area (Å²) in [6.45, 7) is 4.08. The van der Waals surface area contributed by atoms with Gasteiger partial charge in [0.05, 0.1) is 11.4 Å². The zero-order valence-electron chi connectivity index (χ0n) is 12.2. The lowest BCUT2D eigenvalue weighted by Crippen LogP contribution is -2.04. The Morgan fingerprint density at radius 1 is 1.10 bits per heavy atom. The van der Waals surface area contributed by atoms with Crippen LogP contribution in [0, 0.1) is 0 Å². The quantitative estimate of drug-likeness (QED) is 0.747. The third-order valence-corrected chi connectivity index (χ3v) is 3.43. The lowest BCUT2D eigenvalue weighted by molar-refractivity contribution is 0.681. The Hall–Kier alpha value is -2.49. The molecule has 0 aliphatic carbocycles. The SMILES string of the molecule is CCCn1ccc(CNc2ccccc2-n2cccn2)c1.